The number of para-hydroxylation sites is 2. The smallest absolute Gasteiger partial charge is 0.265 e. The highest BCUT2D eigenvalue weighted by atomic mass is 16.7. The van der Waals surface area contributed by atoms with Crippen LogP contribution in [-0.2, 0) is 6.54 Å². The van der Waals surface area contributed by atoms with Gasteiger partial charge in [-0.15, -0.1) is 0 Å². The summed E-state index contributed by atoms with van der Waals surface area (Å²) in [4.78, 5) is 28.2. The summed E-state index contributed by atoms with van der Waals surface area (Å²) in [6, 6.07) is 13.8. The molecular formula is C25H21N5O3. The monoisotopic (exact) mass is 439 g/mol. The molecule has 1 aliphatic heterocycles. The van der Waals surface area contributed by atoms with Crippen LogP contribution in [0.1, 0.15) is 37.3 Å². The van der Waals surface area contributed by atoms with E-state index in [9.17, 15) is 4.79 Å². The minimum absolute atomic E-state index is 0.0362. The Morgan fingerprint density at radius 3 is 2.58 bits per heavy atom. The first-order chi connectivity index (χ1) is 16.3. The first kappa shape index (κ1) is 18.6. The van der Waals surface area contributed by atoms with Crippen molar-refractivity contribution in [1.29, 1.82) is 0 Å². The van der Waals surface area contributed by atoms with Gasteiger partial charge in [-0.3, -0.25) is 9.36 Å². The molecular weight excluding hydrogens is 418 g/mol. The molecule has 0 saturated heterocycles. The molecule has 1 saturated carbocycles. The van der Waals surface area contributed by atoms with Crippen LogP contribution < -0.4 is 15.0 Å². The lowest BCUT2D eigenvalue weighted by Crippen LogP contribution is -2.24. The molecule has 0 radical (unpaired) electrons. The van der Waals surface area contributed by atoms with Crippen molar-refractivity contribution in [1.82, 2.24) is 24.1 Å². The Morgan fingerprint density at radius 2 is 1.73 bits per heavy atom. The molecule has 1 fully saturated rings. The lowest BCUT2D eigenvalue weighted by atomic mass is 10.2. The quantitative estimate of drug-likeness (QED) is 0.419. The summed E-state index contributed by atoms with van der Waals surface area (Å²) in [5, 5.41) is 0.540. The number of fused-ring (bicyclic) bond motifs is 5. The van der Waals surface area contributed by atoms with Gasteiger partial charge in [0.1, 0.15) is 17.2 Å². The van der Waals surface area contributed by atoms with Crippen LogP contribution in [0.15, 0.2) is 53.6 Å². The number of hydrogen-bond acceptors (Lipinski definition) is 6. The van der Waals surface area contributed by atoms with Gasteiger partial charge in [0, 0.05) is 6.04 Å². The fourth-order valence-corrected chi connectivity index (χ4v) is 5.13. The van der Waals surface area contributed by atoms with Gasteiger partial charge in [-0.25, -0.2) is 15.0 Å². The molecule has 0 bridgehead atoms. The van der Waals surface area contributed by atoms with Gasteiger partial charge in [0.2, 0.25) is 6.79 Å². The molecule has 0 unspecified atom stereocenters. The number of aromatic nitrogens is 5. The first-order valence-electron chi connectivity index (χ1n) is 11.3. The molecule has 8 nitrogen and oxygen atoms in total. The Hall–Kier alpha value is -3.94. The fraction of sp³-hybridized carbons (Fsp3) is 0.280. The average Bonchev–Trinajstić information content (AvgIpc) is 3.58. The van der Waals surface area contributed by atoms with Gasteiger partial charge in [-0.05, 0) is 42.7 Å². The van der Waals surface area contributed by atoms with E-state index >= 15 is 0 Å². The minimum Gasteiger partial charge on any atom is -0.454 e. The van der Waals surface area contributed by atoms with Crippen molar-refractivity contribution < 1.29 is 9.47 Å². The molecule has 0 N–H and O–H groups in total. The summed E-state index contributed by atoms with van der Waals surface area (Å²) in [5.41, 5.74) is 4.40. The fourth-order valence-electron chi connectivity index (χ4n) is 5.13. The highest BCUT2D eigenvalue weighted by Crippen LogP contribution is 2.34. The predicted molar refractivity (Wildman–Crippen MR) is 124 cm³/mol. The van der Waals surface area contributed by atoms with E-state index in [2.05, 4.69) is 0 Å². The summed E-state index contributed by atoms with van der Waals surface area (Å²) in [7, 11) is 0. The van der Waals surface area contributed by atoms with Crippen LogP contribution in [0.25, 0.3) is 33.2 Å². The van der Waals surface area contributed by atoms with E-state index in [0.29, 0.717) is 28.7 Å². The van der Waals surface area contributed by atoms with Gasteiger partial charge < -0.3 is 14.0 Å². The lowest BCUT2D eigenvalue weighted by Gasteiger charge is -2.13. The maximum atomic E-state index is 13.7. The van der Waals surface area contributed by atoms with Crippen LogP contribution in [0.4, 0.5) is 0 Å². The third-order valence-electron chi connectivity index (χ3n) is 6.77. The zero-order chi connectivity index (χ0) is 21.9. The average molecular weight is 439 g/mol. The molecule has 0 spiro atoms. The van der Waals surface area contributed by atoms with Crippen molar-refractivity contribution in [2.45, 2.75) is 38.3 Å². The second kappa shape index (κ2) is 7.03. The molecule has 33 heavy (non-hydrogen) atoms. The van der Waals surface area contributed by atoms with Crippen LogP contribution in [0.3, 0.4) is 0 Å². The zero-order valence-corrected chi connectivity index (χ0v) is 17.9. The summed E-state index contributed by atoms with van der Waals surface area (Å²) in [5.74, 6) is 1.46. The van der Waals surface area contributed by atoms with E-state index in [1.165, 1.54) is 0 Å². The summed E-state index contributed by atoms with van der Waals surface area (Å²) >= 11 is 0. The predicted octanol–water partition coefficient (Wildman–Crippen LogP) is 4.19. The minimum atomic E-state index is -0.0362. The van der Waals surface area contributed by atoms with Crippen LogP contribution in [0, 0.1) is 0 Å². The summed E-state index contributed by atoms with van der Waals surface area (Å²) in [6.07, 6.45) is 6.02. The van der Waals surface area contributed by atoms with E-state index in [1.807, 2.05) is 47.0 Å². The van der Waals surface area contributed by atoms with E-state index in [0.717, 1.165) is 53.8 Å². The number of nitrogens with zero attached hydrogens (tertiary/aromatic N) is 5. The largest absolute Gasteiger partial charge is 0.454 e. The van der Waals surface area contributed by atoms with Gasteiger partial charge in [0.15, 0.2) is 22.8 Å². The molecule has 3 aromatic heterocycles. The second-order valence-electron chi connectivity index (χ2n) is 8.75. The van der Waals surface area contributed by atoms with Crippen molar-refractivity contribution in [3.63, 3.8) is 0 Å². The van der Waals surface area contributed by atoms with Crippen molar-refractivity contribution in [2.24, 2.45) is 0 Å². The topological polar surface area (TPSA) is 84.1 Å². The molecule has 8 heteroatoms. The van der Waals surface area contributed by atoms with E-state index in [4.69, 9.17) is 24.4 Å². The molecule has 164 valence electrons. The van der Waals surface area contributed by atoms with E-state index in [1.54, 1.807) is 10.9 Å². The van der Waals surface area contributed by atoms with Crippen molar-refractivity contribution >= 4 is 33.2 Å². The third kappa shape index (κ3) is 2.83. The maximum Gasteiger partial charge on any atom is 0.265 e. The van der Waals surface area contributed by atoms with Crippen LogP contribution in [-0.4, -0.2) is 30.9 Å². The summed E-state index contributed by atoms with van der Waals surface area (Å²) in [6.45, 7) is 0.720. The van der Waals surface area contributed by atoms with Crippen LogP contribution in [0.5, 0.6) is 11.5 Å². The molecule has 0 atom stereocenters. The van der Waals surface area contributed by atoms with Crippen molar-refractivity contribution in [3.05, 3.63) is 64.7 Å². The second-order valence-corrected chi connectivity index (χ2v) is 8.75. The maximum absolute atomic E-state index is 13.7. The Labute approximate surface area is 188 Å². The van der Waals surface area contributed by atoms with Gasteiger partial charge in [-0.2, -0.15) is 0 Å². The van der Waals surface area contributed by atoms with Gasteiger partial charge in [0.25, 0.3) is 5.56 Å². The number of benzene rings is 2. The normalized spacial score (nSPS) is 15.9. The van der Waals surface area contributed by atoms with Crippen molar-refractivity contribution in [3.8, 4) is 11.5 Å². The molecule has 2 aliphatic rings. The number of ether oxygens (including phenoxy) is 2. The van der Waals surface area contributed by atoms with Crippen molar-refractivity contribution in [2.75, 3.05) is 6.79 Å². The Morgan fingerprint density at radius 1 is 0.939 bits per heavy atom. The molecule has 2 aromatic carbocycles. The zero-order valence-electron chi connectivity index (χ0n) is 17.9. The van der Waals surface area contributed by atoms with E-state index < -0.39 is 0 Å². The SMILES string of the molecule is O=c1c2c3nc4ccccc4nc3n(Cc3ccc4c(c3)OCO4)c2ncn1C1CCCC1. The Balaban J connectivity index is 1.49. The Bertz CT molecular complexity index is 1610. The standard InChI is InChI=1S/C25H21N5O3/c31-25-21-22-24(28-18-8-4-3-7-17(18)27-22)29(12-15-9-10-19-20(11-15)33-14-32-19)23(21)26-13-30(25)16-5-1-2-6-16/h3-4,7-11,13,16H,1-2,5-6,12,14H2. The Kier molecular flexibility index (Phi) is 3.97. The number of rotatable bonds is 3. The summed E-state index contributed by atoms with van der Waals surface area (Å²) < 4.78 is 14.8. The van der Waals surface area contributed by atoms with Crippen LogP contribution >= 0.6 is 0 Å². The molecule has 0 amide bonds. The van der Waals surface area contributed by atoms with E-state index in [-0.39, 0.29) is 18.4 Å². The van der Waals surface area contributed by atoms with Gasteiger partial charge in [0.05, 0.1) is 17.6 Å². The van der Waals surface area contributed by atoms with Crippen LogP contribution in [0.2, 0.25) is 0 Å². The van der Waals surface area contributed by atoms with Gasteiger partial charge >= 0.3 is 0 Å². The third-order valence-corrected chi connectivity index (χ3v) is 6.77. The highest BCUT2D eigenvalue weighted by molar-refractivity contribution is 6.04. The molecule has 1 aliphatic carbocycles. The molecule has 5 aromatic rings. The molecule has 4 heterocycles. The lowest BCUT2D eigenvalue weighted by molar-refractivity contribution is 0.174. The number of hydrogen-bond donors (Lipinski definition) is 0. The van der Waals surface area contributed by atoms with Gasteiger partial charge in [-0.1, -0.05) is 31.0 Å². The first-order valence-corrected chi connectivity index (χ1v) is 11.3. The highest BCUT2D eigenvalue weighted by Gasteiger charge is 2.24. The molecule has 7 rings (SSSR count).